The molecule has 13 atom stereocenters. The second-order valence-corrected chi connectivity index (χ2v) is 30.6. The first kappa shape index (κ1) is 84.5. The van der Waals surface area contributed by atoms with Gasteiger partial charge in [0.25, 0.3) is 0 Å². The van der Waals surface area contributed by atoms with Gasteiger partial charge in [-0.2, -0.15) is 23.5 Å². The molecule has 17 N–H and O–H groups in total. The Bertz CT molecular complexity index is 3010. The van der Waals surface area contributed by atoms with Gasteiger partial charge in [0.1, 0.15) is 66.5 Å². The summed E-state index contributed by atoms with van der Waals surface area (Å²) >= 11 is 2.74. The topological polar surface area (TPSA) is 473 Å². The first-order valence-electron chi connectivity index (χ1n) is 35.5. The van der Waals surface area contributed by atoms with E-state index in [-0.39, 0.29) is 69.1 Å². The number of carboxylic acids is 1. The van der Waals surface area contributed by atoms with Crippen molar-refractivity contribution < 1.29 is 87.9 Å². The van der Waals surface area contributed by atoms with Crippen LogP contribution in [0.4, 0.5) is 0 Å². The summed E-state index contributed by atoms with van der Waals surface area (Å²) in [6, 6.07) is -7.92. The summed E-state index contributed by atoms with van der Waals surface area (Å²) in [5.74, 6) is -10.6. The predicted molar refractivity (Wildman–Crippen MR) is 377 cm³/mol. The second kappa shape index (κ2) is 41.2. The van der Waals surface area contributed by atoms with Crippen molar-refractivity contribution in [1.82, 2.24) is 58.1 Å². The monoisotopic (exact) mass is 1460 g/mol. The highest BCUT2D eigenvalue weighted by molar-refractivity contribution is 7.98. The quantitative estimate of drug-likeness (QED) is 0.117. The third kappa shape index (κ3) is 27.5. The van der Waals surface area contributed by atoms with Crippen molar-refractivity contribution in [3.05, 3.63) is 35.4 Å². The smallest absolute Gasteiger partial charge is 0.303 e. The molecule has 3 fully saturated rings. The average Bonchev–Trinajstić information content (AvgIpc) is 0.946. The van der Waals surface area contributed by atoms with Gasteiger partial charge in [-0.25, -0.2) is 0 Å². The summed E-state index contributed by atoms with van der Waals surface area (Å²) < 4.78 is 0. The second-order valence-electron chi connectivity index (χ2n) is 28.5. The molecule has 12 amide bonds. The van der Waals surface area contributed by atoms with Gasteiger partial charge in [0, 0.05) is 42.4 Å². The van der Waals surface area contributed by atoms with Crippen molar-refractivity contribution in [2.75, 3.05) is 18.1 Å². The third-order valence-corrected chi connectivity index (χ3v) is 21.0. The van der Waals surface area contributed by atoms with Crippen LogP contribution in [0.2, 0.25) is 0 Å². The standard InChI is InChI=1S/C69H110N12O18S2/c1-9-13-46-60(91)74-48(26-27-54(87)88)61(92)75-49(32-40-18-22-44(84)23-19-40)63(94)73-47(14-10-2)62(93)79-56(39(5)83)66(97)77-51(58(70)89)36-101-35-43-16-11-15-42(31-43)34-100-30-28-53(86)78-57(69(6,7)8)67(98)76-50(33-41-20-24-45(85)25-21-41)68(99)81-29-12-17-52(81)64(95)80-55(38(4)82)65(96)71-37(3)59(90)72-46/h11,15-16,31,37-41,44-52,55-57,82-85H,9-10,12-14,17-30,32-36H2,1-8H3,(H2,70,89)(H,71,96)(H,72,90)(H,73,94)(H,74,91)(H,75,92)(H,76,98)(H,77,97)(H,78,86)(H,79,93)(H,80,95)(H,87,88)/t37-,38+,39+,40?,41?,44?,45?,46-,47-,48-,49-,50-,51-,52-,55-,56-,57+/m0/s1. The minimum absolute atomic E-state index is 0.0153. The number of amides is 12. The Labute approximate surface area is 599 Å². The van der Waals surface area contributed by atoms with Crippen LogP contribution in [0.5, 0.6) is 0 Å². The van der Waals surface area contributed by atoms with Gasteiger partial charge >= 0.3 is 5.97 Å². The number of aliphatic hydroxyl groups is 4. The van der Waals surface area contributed by atoms with Crippen molar-refractivity contribution in [3.8, 4) is 0 Å². The number of carbonyl (C=O) groups is 13. The third-order valence-electron chi connectivity index (χ3n) is 18.8. The van der Waals surface area contributed by atoms with E-state index in [1.165, 1.54) is 49.2 Å². The number of primary amides is 1. The average molecular weight is 1460 g/mol. The van der Waals surface area contributed by atoms with Crippen LogP contribution in [0, 0.1) is 17.3 Å². The number of benzene rings is 1. The van der Waals surface area contributed by atoms with E-state index >= 15 is 0 Å². The predicted octanol–water partition coefficient (Wildman–Crippen LogP) is 0.0560. The molecule has 2 bridgehead atoms. The van der Waals surface area contributed by atoms with Crippen LogP contribution in [0.3, 0.4) is 0 Å². The lowest BCUT2D eigenvalue weighted by molar-refractivity contribution is -0.144. The van der Waals surface area contributed by atoms with E-state index in [2.05, 4.69) is 53.2 Å². The summed E-state index contributed by atoms with van der Waals surface area (Å²) in [7, 11) is 0. The van der Waals surface area contributed by atoms with E-state index in [1.807, 2.05) is 24.3 Å². The van der Waals surface area contributed by atoms with Gasteiger partial charge in [0.15, 0.2) is 0 Å². The largest absolute Gasteiger partial charge is 0.481 e. The van der Waals surface area contributed by atoms with Gasteiger partial charge in [-0.05, 0) is 145 Å². The van der Waals surface area contributed by atoms with Crippen molar-refractivity contribution in [3.63, 3.8) is 0 Å². The van der Waals surface area contributed by atoms with E-state index in [4.69, 9.17) is 5.73 Å². The Morgan fingerprint density at radius 2 is 1.04 bits per heavy atom. The molecule has 2 heterocycles. The lowest BCUT2D eigenvalue weighted by atomic mass is 9.82. The Kier molecular flexibility index (Phi) is 34.5. The van der Waals surface area contributed by atoms with Crippen molar-refractivity contribution in [2.45, 2.75) is 280 Å². The molecule has 0 radical (unpaired) electrons. The van der Waals surface area contributed by atoms with E-state index in [9.17, 15) is 87.9 Å². The van der Waals surface area contributed by atoms with Crippen molar-refractivity contribution in [2.24, 2.45) is 23.0 Å². The highest BCUT2D eigenvalue weighted by Crippen LogP contribution is 2.32. The van der Waals surface area contributed by atoms with Gasteiger partial charge in [-0.15, -0.1) is 0 Å². The molecule has 101 heavy (non-hydrogen) atoms. The fourth-order valence-corrected chi connectivity index (χ4v) is 14.8. The number of rotatable bonds is 14. The molecule has 5 rings (SSSR count). The first-order chi connectivity index (χ1) is 47.7. The summed E-state index contributed by atoms with van der Waals surface area (Å²) in [4.78, 5) is 183. The summed E-state index contributed by atoms with van der Waals surface area (Å²) in [5.41, 5.74) is 6.68. The zero-order chi connectivity index (χ0) is 74.8. The number of hydrogen-bond donors (Lipinski definition) is 16. The Morgan fingerprint density at radius 1 is 0.574 bits per heavy atom. The number of nitrogens with zero attached hydrogens (tertiary/aromatic N) is 1. The van der Waals surface area contributed by atoms with E-state index in [0.717, 1.165) is 11.1 Å². The molecule has 2 aliphatic carbocycles. The van der Waals surface area contributed by atoms with E-state index in [0.29, 0.717) is 81.5 Å². The minimum Gasteiger partial charge on any atom is -0.481 e. The molecule has 30 nitrogen and oxygen atoms in total. The molecule has 1 saturated heterocycles. The minimum atomic E-state index is -1.70. The maximum atomic E-state index is 14.9. The van der Waals surface area contributed by atoms with E-state index < -0.39 is 186 Å². The van der Waals surface area contributed by atoms with Crippen LogP contribution in [-0.4, -0.2) is 216 Å². The van der Waals surface area contributed by atoms with Crippen molar-refractivity contribution in [1.29, 1.82) is 0 Å². The van der Waals surface area contributed by atoms with Crippen LogP contribution >= 0.6 is 23.5 Å². The Balaban J connectivity index is 1.47. The zero-order valence-electron chi connectivity index (χ0n) is 59.5. The summed E-state index contributed by atoms with van der Waals surface area (Å²) in [5, 5.41) is 78.6. The van der Waals surface area contributed by atoms with Gasteiger partial charge in [-0.3, -0.25) is 62.3 Å². The van der Waals surface area contributed by atoms with Crippen LogP contribution in [0.15, 0.2) is 24.3 Å². The molecule has 0 aromatic heterocycles. The van der Waals surface area contributed by atoms with Gasteiger partial charge in [-0.1, -0.05) is 71.7 Å². The van der Waals surface area contributed by atoms with Crippen molar-refractivity contribution >= 4 is 100 Å². The lowest BCUT2D eigenvalue weighted by Gasteiger charge is -2.35. The maximum absolute atomic E-state index is 14.9. The molecule has 32 heteroatoms. The van der Waals surface area contributed by atoms with Gasteiger partial charge in [0.05, 0.1) is 24.4 Å². The summed E-state index contributed by atoms with van der Waals surface area (Å²) in [6.07, 6.45) is -0.593. The molecule has 566 valence electrons. The molecule has 2 saturated carbocycles. The number of carboxylic acid groups (broad SMARTS) is 1. The van der Waals surface area contributed by atoms with Crippen LogP contribution in [-0.2, 0) is 73.8 Å². The SMILES string of the molecule is CCC[C@@H]1NC(=O)[C@H](C)NC(=O)[C@H]([C@@H](C)O)NC(=O)[C@@H]2CCCN2C(=O)[C@H](CC2CCC(O)CC2)NC(=O)[C@H](C(C)(C)C)NC(=O)CCSCc2cccc(c2)CSC[C@@H](C(N)=O)NC(=O)[C@H]([C@@H](C)O)NC(=O)[C@H](CCC)NC(=O)[C@H](CC2CCC(O)CC2)NC(=O)[C@H](CCC(=O)O)NC1=O. The van der Waals surface area contributed by atoms with Gasteiger partial charge < -0.3 is 89.3 Å². The fraction of sp³-hybridized carbons (Fsp3) is 0.725. The number of nitrogens with one attached hydrogen (secondary N) is 10. The number of hydrogen-bond acceptors (Lipinski definition) is 19. The van der Waals surface area contributed by atoms with Crippen LogP contribution in [0.1, 0.15) is 189 Å². The molecule has 0 unspecified atom stereocenters. The molecule has 4 aliphatic rings. The van der Waals surface area contributed by atoms with E-state index in [1.54, 1.807) is 34.6 Å². The number of carbonyl (C=O) groups excluding carboxylic acids is 12. The van der Waals surface area contributed by atoms with Gasteiger partial charge in [0.2, 0.25) is 70.9 Å². The molecular weight excluding hydrogens is 1350 g/mol. The highest BCUT2D eigenvalue weighted by atomic mass is 32.2. The molecule has 2 aliphatic heterocycles. The zero-order valence-corrected chi connectivity index (χ0v) is 61.1. The Hall–Kier alpha value is -7.13. The number of thioether (sulfide) groups is 2. The number of aliphatic carboxylic acids is 1. The number of fused-ring (bicyclic) bond motifs is 3. The summed E-state index contributed by atoms with van der Waals surface area (Å²) in [6.45, 7) is 12.5. The molecule has 0 spiro atoms. The molecule has 1 aromatic carbocycles. The molecular formula is C69H110N12O18S2. The maximum Gasteiger partial charge on any atom is 0.303 e. The molecule has 1 aromatic rings. The normalized spacial score (nSPS) is 30.4. The number of nitrogens with two attached hydrogens (primary N) is 1. The lowest BCUT2D eigenvalue weighted by Crippen LogP contribution is -2.62. The van der Waals surface area contributed by atoms with Crippen LogP contribution in [0.25, 0.3) is 0 Å². The highest BCUT2D eigenvalue weighted by Gasteiger charge is 2.44. The first-order valence-corrected chi connectivity index (χ1v) is 37.8. The fourth-order valence-electron chi connectivity index (χ4n) is 12.9. The Morgan fingerprint density at radius 3 is 1.55 bits per heavy atom. The number of aliphatic hydroxyl groups excluding tert-OH is 4. The van der Waals surface area contributed by atoms with Crippen LogP contribution < -0.4 is 58.9 Å².